The van der Waals surface area contributed by atoms with Gasteiger partial charge in [0.05, 0.1) is 6.21 Å². The molecule has 5 nitrogen and oxygen atoms in total. The predicted molar refractivity (Wildman–Crippen MR) is 96.0 cm³/mol. The molecule has 0 aliphatic carbocycles. The monoisotopic (exact) mass is 332 g/mol. The molecule has 1 aliphatic heterocycles. The lowest BCUT2D eigenvalue weighted by molar-refractivity contribution is -0.130. The second-order valence-electron chi connectivity index (χ2n) is 5.67. The van der Waals surface area contributed by atoms with E-state index < -0.39 is 6.10 Å². The Morgan fingerprint density at radius 1 is 1.00 bits per heavy atom. The summed E-state index contributed by atoms with van der Waals surface area (Å²) in [6, 6.07) is 21.2. The van der Waals surface area contributed by atoms with E-state index in [0.29, 0.717) is 11.5 Å². The largest absolute Gasteiger partial charge is 0.485 e. The van der Waals surface area contributed by atoms with Gasteiger partial charge in [0.15, 0.2) is 11.5 Å². The van der Waals surface area contributed by atoms with Crippen molar-refractivity contribution in [2.24, 2.45) is 5.10 Å². The molecule has 5 heteroatoms. The van der Waals surface area contributed by atoms with Gasteiger partial charge in [-0.3, -0.25) is 4.79 Å². The molecule has 3 aromatic rings. The fourth-order valence-corrected chi connectivity index (χ4v) is 2.75. The molecule has 0 radical (unpaired) electrons. The second kappa shape index (κ2) is 6.65. The highest BCUT2D eigenvalue weighted by Gasteiger charge is 2.26. The van der Waals surface area contributed by atoms with Gasteiger partial charge in [-0.05, 0) is 22.9 Å². The third-order valence-corrected chi connectivity index (χ3v) is 4.00. The highest BCUT2D eigenvalue weighted by Crippen LogP contribution is 2.30. The van der Waals surface area contributed by atoms with Gasteiger partial charge in [-0.15, -0.1) is 0 Å². The lowest BCUT2D eigenvalue weighted by Crippen LogP contribution is -2.42. The molecule has 0 spiro atoms. The minimum atomic E-state index is -0.723. The van der Waals surface area contributed by atoms with E-state index in [0.717, 1.165) is 16.3 Å². The number of rotatable bonds is 3. The third-order valence-electron chi connectivity index (χ3n) is 4.00. The van der Waals surface area contributed by atoms with Crippen LogP contribution >= 0.6 is 0 Å². The Morgan fingerprint density at radius 2 is 1.76 bits per heavy atom. The molecular weight excluding hydrogens is 316 g/mol. The van der Waals surface area contributed by atoms with Gasteiger partial charge in [-0.1, -0.05) is 54.6 Å². The summed E-state index contributed by atoms with van der Waals surface area (Å²) in [6.45, 7) is 0.159. The van der Waals surface area contributed by atoms with Crippen LogP contribution in [0.5, 0.6) is 11.5 Å². The zero-order chi connectivity index (χ0) is 17.1. The Labute approximate surface area is 144 Å². The molecule has 4 rings (SSSR count). The number of carbonyl (C=O) groups excluding carboxylic acids is 1. The molecule has 124 valence electrons. The number of amides is 1. The maximum absolute atomic E-state index is 12.2. The van der Waals surface area contributed by atoms with Crippen LogP contribution in [0.3, 0.4) is 0 Å². The van der Waals surface area contributed by atoms with Crippen LogP contribution in [0.1, 0.15) is 5.56 Å². The Balaban J connectivity index is 1.44. The van der Waals surface area contributed by atoms with Crippen molar-refractivity contribution < 1.29 is 14.3 Å². The third kappa shape index (κ3) is 3.17. The number of benzene rings is 3. The topological polar surface area (TPSA) is 59.9 Å². The number of ether oxygens (including phenoxy) is 2. The smallest absolute Gasteiger partial charge is 0.284 e. The molecule has 1 atom stereocenters. The standard InChI is InChI=1S/C20H16N2O3/c23-20(19-13-24-17-10-3-4-11-18(17)25-19)22-21-12-15-8-5-7-14-6-1-2-9-16(14)15/h1-12,19H,13H2,(H,22,23). The highest BCUT2D eigenvalue weighted by molar-refractivity contribution is 6.00. The van der Waals surface area contributed by atoms with Gasteiger partial charge in [-0.25, -0.2) is 5.43 Å². The normalized spacial score (nSPS) is 16.1. The second-order valence-corrected chi connectivity index (χ2v) is 5.67. The first-order valence-electron chi connectivity index (χ1n) is 8.00. The molecule has 0 saturated carbocycles. The summed E-state index contributed by atoms with van der Waals surface area (Å²) in [5.74, 6) is 0.865. The molecule has 0 aromatic heterocycles. The van der Waals surface area contributed by atoms with E-state index in [9.17, 15) is 4.79 Å². The molecule has 1 unspecified atom stereocenters. The van der Waals surface area contributed by atoms with E-state index in [1.165, 1.54) is 0 Å². The van der Waals surface area contributed by atoms with Crippen LogP contribution in [0, 0.1) is 0 Å². The van der Waals surface area contributed by atoms with Crippen LogP contribution in [-0.4, -0.2) is 24.8 Å². The zero-order valence-electron chi connectivity index (χ0n) is 13.4. The molecule has 0 bridgehead atoms. The summed E-state index contributed by atoms with van der Waals surface area (Å²) in [5, 5.41) is 6.26. The molecule has 0 saturated heterocycles. The lowest BCUT2D eigenvalue weighted by atomic mass is 10.1. The van der Waals surface area contributed by atoms with E-state index in [2.05, 4.69) is 10.5 Å². The molecule has 25 heavy (non-hydrogen) atoms. The number of nitrogens with zero attached hydrogens (tertiary/aromatic N) is 1. The van der Waals surface area contributed by atoms with Crippen molar-refractivity contribution in [3.63, 3.8) is 0 Å². The number of nitrogens with one attached hydrogen (secondary N) is 1. The summed E-state index contributed by atoms with van der Waals surface area (Å²) in [5.41, 5.74) is 3.46. The molecule has 0 fully saturated rings. The van der Waals surface area contributed by atoms with Crippen molar-refractivity contribution >= 4 is 22.9 Å². The fourth-order valence-electron chi connectivity index (χ4n) is 2.75. The van der Waals surface area contributed by atoms with Gasteiger partial charge in [-0.2, -0.15) is 5.10 Å². The SMILES string of the molecule is O=C(NN=Cc1cccc2ccccc12)C1COc2ccccc2O1. The maximum atomic E-state index is 12.2. The van der Waals surface area contributed by atoms with Gasteiger partial charge in [0.2, 0.25) is 6.10 Å². The van der Waals surface area contributed by atoms with E-state index in [-0.39, 0.29) is 12.5 Å². The van der Waals surface area contributed by atoms with Crippen LogP contribution in [0.15, 0.2) is 71.8 Å². The summed E-state index contributed by atoms with van der Waals surface area (Å²) in [6.07, 6.45) is 0.914. The Hall–Kier alpha value is -3.34. The summed E-state index contributed by atoms with van der Waals surface area (Å²) < 4.78 is 11.2. The first-order valence-corrected chi connectivity index (χ1v) is 8.00. The van der Waals surface area contributed by atoms with Crippen LogP contribution in [0.2, 0.25) is 0 Å². The van der Waals surface area contributed by atoms with Gasteiger partial charge < -0.3 is 9.47 Å². The Bertz CT molecular complexity index is 947. The van der Waals surface area contributed by atoms with E-state index in [1.807, 2.05) is 60.7 Å². The molecular formula is C20H16N2O3. The molecule has 1 aliphatic rings. The summed E-state index contributed by atoms with van der Waals surface area (Å²) in [7, 11) is 0. The maximum Gasteiger partial charge on any atom is 0.284 e. The number of para-hydroxylation sites is 2. The van der Waals surface area contributed by atoms with Gasteiger partial charge >= 0.3 is 0 Å². The lowest BCUT2D eigenvalue weighted by Gasteiger charge is -2.24. The molecule has 3 aromatic carbocycles. The molecule has 1 amide bonds. The Morgan fingerprint density at radius 3 is 2.68 bits per heavy atom. The zero-order valence-corrected chi connectivity index (χ0v) is 13.4. The minimum Gasteiger partial charge on any atom is -0.485 e. The molecule has 1 heterocycles. The van der Waals surface area contributed by atoms with Crippen LogP contribution in [0.4, 0.5) is 0 Å². The number of hydrogen-bond donors (Lipinski definition) is 1. The number of carbonyl (C=O) groups is 1. The van der Waals surface area contributed by atoms with Gasteiger partial charge in [0.25, 0.3) is 5.91 Å². The first kappa shape index (κ1) is 15.2. The minimum absolute atomic E-state index is 0.159. The first-order chi connectivity index (χ1) is 12.3. The van der Waals surface area contributed by atoms with Crippen molar-refractivity contribution in [2.75, 3.05) is 6.61 Å². The number of hydrogen-bond acceptors (Lipinski definition) is 4. The van der Waals surface area contributed by atoms with E-state index in [1.54, 1.807) is 12.3 Å². The number of fused-ring (bicyclic) bond motifs is 2. The summed E-state index contributed by atoms with van der Waals surface area (Å²) in [4.78, 5) is 12.2. The Kier molecular flexibility index (Phi) is 4.04. The van der Waals surface area contributed by atoms with Crippen molar-refractivity contribution in [1.29, 1.82) is 0 Å². The van der Waals surface area contributed by atoms with Crippen molar-refractivity contribution in [1.82, 2.24) is 5.43 Å². The highest BCUT2D eigenvalue weighted by atomic mass is 16.6. The summed E-state index contributed by atoms with van der Waals surface area (Å²) >= 11 is 0. The van der Waals surface area contributed by atoms with E-state index >= 15 is 0 Å². The van der Waals surface area contributed by atoms with Crippen molar-refractivity contribution in [2.45, 2.75) is 6.10 Å². The van der Waals surface area contributed by atoms with Crippen molar-refractivity contribution in [3.05, 3.63) is 72.3 Å². The van der Waals surface area contributed by atoms with Crippen LogP contribution in [-0.2, 0) is 4.79 Å². The average molecular weight is 332 g/mol. The van der Waals surface area contributed by atoms with Crippen molar-refractivity contribution in [3.8, 4) is 11.5 Å². The average Bonchev–Trinajstić information content (AvgIpc) is 2.67. The van der Waals surface area contributed by atoms with Gasteiger partial charge in [0.1, 0.15) is 6.61 Å². The predicted octanol–water partition coefficient (Wildman–Crippen LogP) is 3.13. The van der Waals surface area contributed by atoms with Gasteiger partial charge in [0, 0.05) is 5.56 Å². The quantitative estimate of drug-likeness (QED) is 0.592. The van der Waals surface area contributed by atoms with Crippen LogP contribution < -0.4 is 14.9 Å². The molecule has 1 N–H and O–H groups in total. The van der Waals surface area contributed by atoms with Crippen LogP contribution in [0.25, 0.3) is 10.8 Å². The fraction of sp³-hybridized carbons (Fsp3) is 0.100. The van der Waals surface area contributed by atoms with E-state index in [4.69, 9.17) is 9.47 Å². The number of hydrazone groups is 1.